The Kier molecular flexibility index (Phi) is 4.75. The van der Waals surface area contributed by atoms with Gasteiger partial charge in [0.15, 0.2) is 0 Å². The van der Waals surface area contributed by atoms with Gasteiger partial charge in [-0.15, -0.1) is 0 Å². The van der Waals surface area contributed by atoms with Crippen LogP contribution in [0, 0.1) is 0 Å². The van der Waals surface area contributed by atoms with Crippen molar-refractivity contribution in [2.75, 3.05) is 21.3 Å². The number of pyridine rings is 1. The molecule has 0 aliphatic carbocycles. The molecule has 5 nitrogen and oxygen atoms in total. The molecular weight excluding hydrogens is 318 g/mol. The monoisotopic (exact) mass is 337 g/mol. The second-order valence-electron chi connectivity index (χ2n) is 5.44. The zero-order valence-electron chi connectivity index (χ0n) is 14.3. The lowest BCUT2D eigenvalue weighted by Crippen LogP contribution is -2.06. The fraction of sp³-hybridized carbons (Fsp3) is 0.150. The summed E-state index contributed by atoms with van der Waals surface area (Å²) in [6, 6.07) is 16.5. The molecule has 3 rings (SSSR count). The van der Waals surface area contributed by atoms with E-state index in [9.17, 15) is 4.79 Å². The standard InChI is InChI=1S/C20H19NO4/c1-23-15-6-4-13(5-7-15)14-10-18(21-20(22)11-14)17-9-8-16(24-2)12-19(17)25-3/h4-12H,1-3H3,(H,21,22). The van der Waals surface area contributed by atoms with E-state index in [1.807, 2.05) is 42.5 Å². The summed E-state index contributed by atoms with van der Waals surface area (Å²) >= 11 is 0. The van der Waals surface area contributed by atoms with Crippen molar-refractivity contribution in [2.24, 2.45) is 0 Å². The van der Waals surface area contributed by atoms with Gasteiger partial charge in [0.05, 0.1) is 27.0 Å². The van der Waals surface area contributed by atoms with E-state index in [1.165, 1.54) is 0 Å². The third kappa shape index (κ3) is 3.50. The molecular formula is C20H19NO4. The van der Waals surface area contributed by atoms with E-state index in [1.54, 1.807) is 33.5 Å². The molecule has 1 aromatic heterocycles. The quantitative estimate of drug-likeness (QED) is 0.770. The first-order valence-electron chi connectivity index (χ1n) is 7.76. The molecule has 25 heavy (non-hydrogen) atoms. The lowest BCUT2D eigenvalue weighted by molar-refractivity contribution is 0.395. The fourth-order valence-corrected chi connectivity index (χ4v) is 2.66. The van der Waals surface area contributed by atoms with Crippen molar-refractivity contribution in [3.63, 3.8) is 0 Å². The number of aromatic amines is 1. The lowest BCUT2D eigenvalue weighted by Gasteiger charge is -2.12. The van der Waals surface area contributed by atoms with E-state index < -0.39 is 0 Å². The highest BCUT2D eigenvalue weighted by Gasteiger charge is 2.10. The summed E-state index contributed by atoms with van der Waals surface area (Å²) in [6.07, 6.45) is 0. The van der Waals surface area contributed by atoms with Crippen molar-refractivity contribution in [3.8, 4) is 39.6 Å². The van der Waals surface area contributed by atoms with Gasteiger partial charge in [-0.25, -0.2) is 0 Å². The summed E-state index contributed by atoms with van der Waals surface area (Å²) in [4.78, 5) is 15.0. The van der Waals surface area contributed by atoms with Crippen molar-refractivity contribution < 1.29 is 14.2 Å². The van der Waals surface area contributed by atoms with Crippen molar-refractivity contribution in [2.45, 2.75) is 0 Å². The number of hydrogen-bond donors (Lipinski definition) is 1. The maximum Gasteiger partial charge on any atom is 0.249 e. The molecule has 0 unspecified atom stereocenters. The molecule has 3 aromatic rings. The Morgan fingerprint density at radius 2 is 1.40 bits per heavy atom. The molecule has 0 atom stereocenters. The fourth-order valence-electron chi connectivity index (χ4n) is 2.66. The van der Waals surface area contributed by atoms with Gasteiger partial charge in [-0.2, -0.15) is 0 Å². The van der Waals surface area contributed by atoms with Gasteiger partial charge in [0.25, 0.3) is 0 Å². The van der Waals surface area contributed by atoms with Crippen LogP contribution in [0.1, 0.15) is 0 Å². The third-order valence-corrected chi connectivity index (χ3v) is 3.97. The van der Waals surface area contributed by atoms with Crippen molar-refractivity contribution in [1.82, 2.24) is 4.98 Å². The molecule has 0 radical (unpaired) electrons. The zero-order valence-corrected chi connectivity index (χ0v) is 14.3. The predicted octanol–water partition coefficient (Wildman–Crippen LogP) is 3.73. The van der Waals surface area contributed by atoms with Gasteiger partial charge in [-0.3, -0.25) is 4.79 Å². The number of rotatable bonds is 5. The molecule has 0 saturated carbocycles. The Balaban J connectivity index is 2.09. The van der Waals surface area contributed by atoms with Gasteiger partial charge in [0, 0.05) is 17.7 Å². The molecule has 0 amide bonds. The maximum atomic E-state index is 12.2. The van der Waals surface area contributed by atoms with Crippen LogP contribution in [0.3, 0.4) is 0 Å². The molecule has 0 aliphatic heterocycles. The van der Waals surface area contributed by atoms with Crippen LogP contribution in [0.4, 0.5) is 0 Å². The van der Waals surface area contributed by atoms with Crippen LogP contribution in [-0.4, -0.2) is 26.3 Å². The van der Waals surface area contributed by atoms with E-state index in [0.717, 1.165) is 22.4 Å². The predicted molar refractivity (Wildman–Crippen MR) is 97.6 cm³/mol. The number of nitrogens with one attached hydrogen (secondary N) is 1. The highest BCUT2D eigenvalue weighted by atomic mass is 16.5. The van der Waals surface area contributed by atoms with Crippen LogP contribution in [-0.2, 0) is 0 Å². The van der Waals surface area contributed by atoms with Crippen molar-refractivity contribution >= 4 is 0 Å². The number of aromatic nitrogens is 1. The summed E-state index contributed by atoms with van der Waals surface area (Å²) in [5, 5.41) is 0. The molecule has 0 spiro atoms. The van der Waals surface area contributed by atoms with Gasteiger partial charge >= 0.3 is 0 Å². The SMILES string of the molecule is COc1ccc(-c2cc(-c3ccc(OC)cc3OC)[nH]c(=O)c2)cc1. The van der Waals surface area contributed by atoms with Gasteiger partial charge in [-0.1, -0.05) is 12.1 Å². The average molecular weight is 337 g/mol. The Hall–Kier alpha value is -3.21. The average Bonchev–Trinajstić information content (AvgIpc) is 2.67. The van der Waals surface area contributed by atoms with E-state index >= 15 is 0 Å². The van der Waals surface area contributed by atoms with E-state index in [4.69, 9.17) is 14.2 Å². The van der Waals surface area contributed by atoms with Crippen LogP contribution in [0.5, 0.6) is 17.2 Å². The minimum absolute atomic E-state index is 0.179. The highest BCUT2D eigenvalue weighted by molar-refractivity contribution is 5.74. The zero-order chi connectivity index (χ0) is 17.8. The van der Waals surface area contributed by atoms with E-state index in [2.05, 4.69) is 4.98 Å². The van der Waals surface area contributed by atoms with Gasteiger partial charge in [-0.05, 0) is 41.5 Å². The van der Waals surface area contributed by atoms with Crippen LogP contribution < -0.4 is 19.8 Å². The van der Waals surface area contributed by atoms with Crippen LogP contribution in [0.15, 0.2) is 59.4 Å². The van der Waals surface area contributed by atoms with Gasteiger partial charge < -0.3 is 19.2 Å². The van der Waals surface area contributed by atoms with Crippen LogP contribution in [0.25, 0.3) is 22.4 Å². The van der Waals surface area contributed by atoms with Gasteiger partial charge in [0.1, 0.15) is 17.2 Å². The van der Waals surface area contributed by atoms with Gasteiger partial charge in [0.2, 0.25) is 5.56 Å². The first kappa shape index (κ1) is 16.6. The second kappa shape index (κ2) is 7.13. The smallest absolute Gasteiger partial charge is 0.249 e. The molecule has 0 fully saturated rings. The maximum absolute atomic E-state index is 12.2. The largest absolute Gasteiger partial charge is 0.497 e. The summed E-state index contributed by atoms with van der Waals surface area (Å²) in [7, 11) is 4.81. The Labute approximate surface area is 145 Å². The van der Waals surface area contributed by atoms with Crippen LogP contribution in [0.2, 0.25) is 0 Å². The molecule has 2 aromatic carbocycles. The first-order valence-corrected chi connectivity index (χ1v) is 7.76. The topological polar surface area (TPSA) is 60.6 Å². The molecule has 0 aliphatic rings. The first-order chi connectivity index (χ1) is 12.1. The van der Waals surface area contributed by atoms with Crippen molar-refractivity contribution in [3.05, 3.63) is 65.0 Å². The minimum Gasteiger partial charge on any atom is -0.497 e. The highest BCUT2D eigenvalue weighted by Crippen LogP contribution is 2.33. The molecule has 5 heteroatoms. The summed E-state index contributed by atoms with van der Waals surface area (Å²) in [5.41, 5.74) is 3.04. The Morgan fingerprint density at radius 3 is 2.04 bits per heavy atom. The summed E-state index contributed by atoms with van der Waals surface area (Å²) in [5.74, 6) is 2.08. The second-order valence-corrected chi connectivity index (χ2v) is 5.44. The van der Waals surface area contributed by atoms with E-state index in [-0.39, 0.29) is 5.56 Å². The third-order valence-electron chi connectivity index (χ3n) is 3.97. The Bertz CT molecular complexity index is 929. The normalized spacial score (nSPS) is 10.4. The number of benzene rings is 2. The number of methoxy groups -OCH3 is 3. The minimum atomic E-state index is -0.179. The van der Waals surface area contributed by atoms with Crippen molar-refractivity contribution in [1.29, 1.82) is 0 Å². The molecule has 1 N–H and O–H groups in total. The summed E-state index contributed by atoms with van der Waals surface area (Å²) < 4.78 is 15.8. The number of hydrogen-bond acceptors (Lipinski definition) is 4. The number of ether oxygens (including phenoxy) is 3. The summed E-state index contributed by atoms with van der Waals surface area (Å²) in [6.45, 7) is 0. The molecule has 128 valence electrons. The Morgan fingerprint density at radius 1 is 0.720 bits per heavy atom. The molecule has 1 heterocycles. The lowest BCUT2D eigenvalue weighted by atomic mass is 10.0. The van der Waals surface area contributed by atoms with E-state index in [0.29, 0.717) is 17.2 Å². The molecule has 0 bridgehead atoms. The van der Waals surface area contributed by atoms with Crippen LogP contribution >= 0.6 is 0 Å². The molecule has 0 saturated heterocycles. The number of H-pyrrole nitrogens is 1.